The molecule has 4 rings (SSSR count). The molecular formula is C19H12N2O3S. The number of nitro benzene ring substituents is 1. The highest BCUT2D eigenvalue weighted by Gasteiger charge is 2.08. The van der Waals surface area contributed by atoms with Crippen molar-refractivity contribution in [3.05, 3.63) is 82.9 Å². The number of nitro groups is 1. The van der Waals surface area contributed by atoms with Gasteiger partial charge in [-0.25, -0.2) is 4.98 Å². The molecule has 0 saturated carbocycles. The molecule has 0 saturated heterocycles. The van der Waals surface area contributed by atoms with Gasteiger partial charge in [0.25, 0.3) is 5.69 Å². The van der Waals surface area contributed by atoms with Crippen molar-refractivity contribution in [1.29, 1.82) is 0 Å². The van der Waals surface area contributed by atoms with E-state index in [1.807, 2.05) is 48.5 Å². The van der Waals surface area contributed by atoms with Crippen LogP contribution < -0.4 is 4.74 Å². The lowest BCUT2D eigenvalue weighted by atomic mass is 10.2. The number of fused-ring (bicyclic) bond motifs is 1. The van der Waals surface area contributed by atoms with Gasteiger partial charge in [-0.15, -0.1) is 11.3 Å². The minimum Gasteiger partial charge on any atom is -0.457 e. The van der Waals surface area contributed by atoms with Crippen LogP contribution in [0.1, 0.15) is 0 Å². The largest absolute Gasteiger partial charge is 0.457 e. The van der Waals surface area contributed by atoms with Crippen LogP contribution in [0.2, 0.25) is 0 Å². The van der Waals surface area contributed by atoms with E-state index in [0.29, 0.717) is 11.5 Å². The minimum atomic E-state index is -0.433. The van der Waals surface area contributed by atoms with Crippen LogP contribution in [0.25, 0.3) is 20.8 Å². The Balaban J connectivity index is 1.61. The minimum absolute atomic E-state index is 0.0376. The van der Waals surface area contributed by atoms with E-state index in [1.165, 1.54) is 12.1 Å². The number of ether oxygens (including phenoxy) is 1. The second-order valence-electron chi connectivity index (χ2n) is 5.37. The average molecular weight is 348 g/mol. The molecule has 0 N–H and O–H groups in total. The summed E-state index contributed by atoms with van der Waals surface area (Å²) in [7, 11) is 0. The number of benzene rings is 3. The lowest BCUT2D eigenvalue weighted by Crippen LogP contribution is -1.88. The average Bonchev–Trinajstić information content (AvgIpc) is 3.07. The fraction of sp³-hybridized carbons (Fsp3) is 0. The van der Waals surface area contributed by atoms with E-state index in [9.17, 15) is 10.1 Å². The zero-order valence-corrected chi connectivity index (χ0v) is 13.8. The molecule has 122 valence electrons. The predicted molar refractivity (Wildman–Crippen MR) is 98.2 cm³/mol. The van der Waals surface area contributed by atoms with E-state index in [0.717, 1.165) is 20.8 Å². The van der Waals surface area contributed by atoms with E-state index in [1.54, 1.807) is 23.5 Å². The fourth-order valence-electron chi connectivity index (χ4n) is 2.46. The third-order valence-electron chi connectivity index (χ3n) is 3.66. The molecule has 3 aromatic carbocycles. The zero-order valence-electron chi connectivity index (χ0n) is 13.0. The van der Waals surface area contributed by atoms with Crippen molar-refractivity contribution in [2.75, 3.05) is 0 Å². The molecule has 0 bridgehead atoms. The molecule has 5 nitrogen and oxygen atoms in total. The molecule has 4 aromatic rings. The Morgan fingerprint density at radius 2 is 1.72 bits per heavy atom. The van der Waals surface area contributed by atoms with Crippen molar-refractivity contribution < 1.29 is 9.66 Å². The monoisotopic (exact) mass is 348 g/mol. The number of para-hydroxylation sites is 1. The van der Waals surface area contributed by atoms with Crippen LogP contribution in [0, 0.1) is 10.1 Å². The van der Waals surface area contributed by atoms with Crippen molar-refractivity contribution in [1.82, 2.24) is 4.98 Å². The molecule has 0 spiro atoms. The van der Waals surface area contributed by atoms with Gasteiger partial charge < -0.3 is 4.74 Å². The quantitative estimate of drug-likeness (QED) is 0.352. The van der Waals surface area contributed by atoms with Gasteiger partial charge in [-0.1, -0.05) is 24.3 Å². The van der Waals surface area contributed by atoms with Gasteiger partial charge in [-0.2, -0.15) is 0 Å². The molecule has 0 amide bonds. The van der Waals surface area contributed by atoms with Gasteiger partial charge in [-0.05, 0) is 36.4 Å². The summed E-state index contributed by atoms with van der Waals surface area (Å²) in [6.07, 6.45) is 0. The first-order valence-corrected chi connectivity index (χ1v) is 8.39. The normalized spacial score (nSPS) is 10.7. The van der Waals surface area contributed by atoms with Gasteiger partial charge in [0.05, 0.1) is 15.1 Å². The molecule has 1 heterocycles. The Labute approximate surface area is 147 Å². The van der Waals surface area contributed by atoms with E-state index in [-0.39, 0.29) is 5.69 Å². The second kappa shape index (κ2) is 6.33. The van der Waals surface area contributed by atoms with E-state index in [4.69, 9.17) is 4.74 Å². The van der Waals surface area contributed by atoms with Gasteiger partial charge in [0.1, 0.15) is 16.5 Å². The number of non-ortho nitro benzene ring substituents is 1. The standard InChI is InChI=1S/C19H12N2O3S/c22-21(23)14-8-10-15(11-9-14)24-16-5-3-4-13(12-16)19-20-17-6-1-2-7-18(17)25-19/h1-12H. The van der Waals surface area contributed by atoms with Crippen LogP contribution in [0.5, 0.6) is 11.5 Å². The second-order valence-corrected chi connectivity index (χ2v) is 6.40. The Morgan fingerprint density at radius 3 is 2.48 bits per heavy atom. The molecule has 0 aliphatic rings. The van der Waals surface area contributed by atoms with Crippen molar-refractivity contribution in [2.24, 2.45) is 0 Å². The van der Waals surface area contributed by atoms with Crippen molar-refractivity contribution in [3.63, 3.8) is 0 Å². The molecule has 0 radical (unpaired) electrons. The highest BCUT2D eigenvalue weighted by Crippen LogP contribution is 2.33. The topological polar surface area (TPSA) is 65.3 Å². The Bertz CT molecular complexity index is 1020. The first-order chi connectivity index (χ1) is 12.2. The van der Waals surface area contributed by atoms with Gasteiger partial charge in [0.2, 0.25) is 0 Å². The van der Waals surface area contributed by atoms with E-state index >= 15 is 0 Å². The molecule has 0 fully saturated rings. The van der Waals surface area contributed by atoms with Gasteiger partial charge in [-0.3, -0.25) is 10.1 Å². The number of hydrogen-bond donors (Lipinski definition) is 0. The summed E-state index contributed by atoms with van der Waals surface area (Å²) in [4.78, 5) is 14.9. The summed E-state index contributed by atoms with van der Waals surface area (Å²) < 4.78 is 6.94. The number of hydrogen-bond acceptors (Lipinski definition) is 5. The van der Waals surface area contributed by atoms with Crippen molar-refractivity contribution in [3.8, 4) is 22.1 Å². The summed E-state index contributed by atoms with van der Waals surface area (Å²) >= 11 is 1.63. The first-order valence-electron chi connectivity index (χ1n) is 7.57. The van der Waals surface area contributed by atoms with Crippen LogP contribution in [0.3, 0.4) is 0 Å². The Hall–Kier alpha value is -3.25. The maximum atomic E-state index is 10.7. The maximum absolute atomic E-state index is 10.7. The Morgan fingerprint density at radius 1 is 0.920 bits per heavy atom. The number of rotatable bonds is 4. The molecule has 1 aromatic heterocycles. The summed E-state index contributed by atoms with van der Waals surface area (Å²) in [5.74, 6) is 1.21. The smallest absolute Gasteiger partial charge is 0.269 e. The first kappa shape index (κ1) is 15.3. The zero-order chi connectivity index (χ0) is 17.2. The van der Waals surface area contributed by atoms with Gasteiger partial charge in [0, 0.05) is 17.7 Å². The van der Waals surface area contributed by atoms with Crippen LogP contribution >= 0.6 is 11.3 Å². The SMILES string of the molecule is O=[N+]([O-])c1ccc(Oc2cccc(-c3nc4ccccc4s3)c2)cc1. The molecule has 6 heteroatoms. The van der Waals surface area contributed by atoms with E-state index < -0.39 is 4.92 Å². The molecular weight excluding hydrogens is 336 g/mol. The molecule has 0 unspecified atom stereocenters. The summed E-state index contributed by atoms with van der Waals surface area (Å²) in [6.45, 7) is 0. The molecule has 0 aliphatic heterocycles. The van der Waals surface area contributed by atoms with Gasteiger partial charge >= 0.3 is 0 Å². The maximum Gasteiger partial charge on any atom is 0.269 e. The molecule has 0 aliphatic carbocycles. The lowest BCUT2D eigenvalue weighted by Gasteiger charge is -2.06. The van der Waals surface area contributed by atoms with Crippen LogP contribution in [0.4, 0.5) is 5.69 Å². The van der Waals surface area contributed by atoms with Crippen LogP contribution in [0.15, 0.2) is 72.8 Å². The summed E-state index contributed by atoms with van der Waals surface area (Å²) in [6, 6.07) is 21.7. The van der Waals surface area contributed by atoms with Crippen molar-refractivity contribution >= 4 is 27.2 Å². The lowest BCUT2D eigenvalue weighted by molar-refractivity contribution is -0.384. The predicted octanol–water partition coefficient (Wildman–Crippen LogP) is 5.66. The summed E-state index contributed by atoms with van der Waals surface area (Å²) in [5, 5.41) is 11.6. The third kappa shape index (κ3) is 3.20. The Kier molecular flexibility index (Phi) is 3.87. The summed E-state index contributed by atoms with van der Waals surface area (Å²) in [5.41, 5.74) is 1.99. The van der Waals surface area contributed by atoms with Crippen LogP contribution in [-0.4, -0.2) is 9.91 Å². The number of aromatic nitrogens is 1. The van der Waals surface area contributed by atoms with Crippen LogP contribution in [-0.2, 0) is 0 Å². The van der Waals surface area contributed by atoms with Gasteiger partial charge in [0.15, 0.2) is 0 Å². The fourth-order valence-corrected chi connectivity index (χ4v) is 3.42. The van der Waals surface area contributed by atoms with E-state index in [2.05, 4.69) is 4.98 Å². The third-order valence-corrected chi connectivity index (χ3v) is 4.74. The number of thiazole rings is 1. The highest BCUT2D eigenvalue weighted by atomic mass is 32.1. The number of nitrogens with zero attached hydrogens (tertiary/aromatic N) is 2. The molecule has 0 atom stereocenters. The van der Waals surface area contributed by atoms with Crippen molar-refractivity contribution in [2.45, 2.75) is 0 Å². The highest BCUT2D eigenvalue weighted by molar-refractivity contribution is 7.21. The molecule has 25 heavy (non-hydrogen) atoms.